The van der Waals surface area contributed by atoms with Crippen LogP contribution in [0.15, 0.2) is 97.2 Å². The van der Waals surface area contributed by atoms with Crippen LogP contribution in [0.25, 0.3) is 0 Å². The van der Waals surface area contributed by atoms with Gasteiger partial charge in [0.2, 0.25) is 0 Å². The number of carbonyl (C=O) groups is 2. The van der Waals surface area contributed by atoms with Crippen molar-refractivity contribution < 1.29 is 42.1 Å². The van der Waals surface area contributed by atoms with E-state index in [0.29, 0.717) is 17.4 Å². The predicted molar refractivity (Wildman–Crippen MR) is 307 cm³/mol. The molecule has 0 amide bonds. The Hall–Kier alpha value is -3.07. The van der Waals surface area contributed by atoms with Crippen LogP contribution in [0.1, 0.15) is 232 Å². The van der Waals surface area contributed by atoms with Crippen LogP contribution < -0.4 is 0 Å². The summed E-state index contributed by atoms with van der Waals surface area (Å²) in [6, 6.07) is 0. The summed E-state index contributed by atoms with van der Waals surface area (Å²) in [4.78, 5) is 35.7. The van der Waals surface area contributed by atoms with Crippen LogP contribution in [0.5, 0.6) is 0 Å². The maximum atomic E-state index is 12.8. The van der Waals surface area contributed by atoms with E-state index >= 15 is 0 Å². The lowest BCUT2D eigenvalue weighted by Crippen LogP contribution is -2.37. The number of esters is 2. The minimum absolute atomic E-state index is 0.0191. The van der Waals surface area contributed by atoms with Crippen molar-refractivity contribution in [3.05, 3.63) is 97.2 Å². The third-order valence-corrected chi connectivity index (χ3v) is 13.1. The zero-order chi connectivity index (χ0) is 52.7. The molecule has 10 heteroatoms. The number of phosphoric ester groups is 1. The van der Waals surface area contributed by atoms with E-state index in [0.717, 1.165) is 83.5 Å². The summed E-state index contributed by atoms with van der Waals surface area (Å²) in [7, 11) is 1.44. The highest BCUT2D eigenvalue weighted by Crippen LogP contribution is 2.43. The first kappa shape index (κ1) is 68.9. The van der Waals surface area contributed by atoms with Gasteiger partial charge in [0.15, 0.2) is 6.10 Å². The topological polar surface area (TPSA) is 108 Å². The average Bonchev–Trinajstić information content (AvgIpc) is 3.34. The lowest BCUT2D eigenvalue weighted by Gasteiger charge is -2.24. The second-order valence-corrected chi connectivity index (χ2v) is 21.8. The molecule has 2 unspecified atom stereocenters. The Balaban J connectivity index is 4.29. The number of likely N-dealkylation sites (N-methyl/N-ethyl adjacent to an activating group) is 1. The average molecular weight is 1030 g/mol. The number of nitrogens with zero attached hydrogens (tertiary/aromatic N) is 1. The van der Waals surface area contributed by atoms with Crippen molar-refractivity contribution in [3.8, 4) is 0 Å². The summed E-state index contributed by atoms with van der Waals surface area (Å²) in [6.45, 7) is 4.28. The van der Waals surface area contributed by atoms with E-state index in [1.165, 1.54) is 116 Å². The number of phosphoric acid groups is 1. The van der Waals surface area contributed by atoms with E-state index in [1.54, 1.807) is 0 Å². The molecule has 0 saturated carbocycles. The summed E-state index contributed by atoms with van der Waals surface area (Å²) in [5.41, 5.74) is 0. The zero-order valence-corrected chi connectivity index (χ0v) is 47.8. The second kappa shape index (κ2) is 52.8. The van der Waals surface area contributed by atoms with Gasteiger partial charge in [-0.1, -0.05) is 239 Å². The standard InChI is InChI=1S/C62H108NO8P/c1-6-8-10-12-14-16-18-20-22-24-26-28-29-30-31-32-33-35-37-39-41-43-45-47-49-51-53-55-62(65)71-60(59-70-72(66,67)69-57-56-63(3,4)5)58-68-61(64)54-52-50-48-46-44-42-40-38-36-34-27-25-23-21-19-17-15-13-11-9-7-2/h8,10,14,16,20,22,26,28,30-31,33,35,39,41,45,47,60H,6-7,9,11-13,15,17-19,21,23-25,27,29,32,34,36-38,40,42-44,46,48-59H2,1-5H3/p+1/b10-8-,16-14-,22-20-,28-26-,31-30-,35-33-,41-39-,47-45-. The molecule has 9 nitrogen and oxygen atoms in total. The van der Waals surface area contributed by atoms with Crippen LogP contribution in [0.3, 0.4) is 0 Å². The van der Waals surface area contributed by atoms with E-state index in [4.69, 9.17) is 18.5 Å². The number of hydrogen-bond donors (Lipinski definition) is 1. The number of carbonyl (C=O) groups excluding carboxylic acids is 2. The SMILES string of the molecule is CC/C=C\C/C=C\C/C=C\C/C=C\C/C=C\C/C=C\C/C=C\C/C=C\CCCCC(=O)OC(COC(=O)CCCCCCCCCCCCCCCCCCCCCCC)COP(=O)(O)OCC[N+](C)(C)C. The maximum Gasteiger partial charge on any atom is 0.472 e. The van der Waals surface area contributed by atoms with Crippen LogP contribution in [0.4, 0.5) is 0 Å². The van der Waals surface area contributed by atoms with E-state index in [-0.39, 0.29) is 32.0 Å². The fourth-order valence-corrected chi connectivity index (χ4v) is 8.42. The highest BCUT2D eigenvalue weighted by molar-refractivity contribution is 7.47. The second-order valence-electron chi connectivity index (χ2n) is 20.3. The largest absolute Gasteiger partial charge is 0.472 e. The van der Waals surface area contributed by atoms with E-state index < -0.39 is 26.5 Å². The van der Waals surface area contributed by atoms with Crippen molar-refractivity contribution in [2.45, 2.75) is 238 Å². The third kappa shape index (κ3) is 56.2. The van der Waals surface area contributed by atoms with Gasteiger partial charge in [0.05, 0.1) is 27.7 Å². The minimum atomic E-state index is -4.40. The first-order valence-corrected chi connectivity index (χ1v) is 30.5. The molecule has 0 heterocycles. The molecule has 72 heavy (non-hydrogen) atoms. The summed E-state index contributed by atoms with van der Waals surface area (Å²) < 4.78 is 34.5. The van der Waals surface area contributed by atoms with E-state index in [1.807, 2.05) is 21.1 Å². The molecule has 0 spiro atoms. The van der Waals surface area contributed by atoms with Gasteiger partial charge in [0, 0.05) is 12.8 Å². The third-order valence-electron chi connectivity index (χ3n) is 12.1. The molecule has 0 fully saturated rings. The summed E-state index contributed by atoms with van der Waals surface area (Å²) in [6.07, 6.45) is 71.9. The number of quaternary nitrogens is 1. The fraction of sp³-hybridized carbons (Fsp3) is 0.710. The number of rotatable bonds is 52. The highest BCUT2D eigenvalue weighted by atomic mass is 31.2. The summed E-state index contributed by atoms with van der Waals surface area (Å²) in [5, 5.41) is 0. The Morgan fingerprint density at radius 3 is 1.18 bits per heavy atom. The Bertz CT molecular complexity index is 1540. The molecule has 0 radical (unpaired) electrons. The summed E-state index contributed by atoms with van der Waals surface area (Å²) >= 11 is 0. The molecule has 2 atom stereocenters. The fourth-order valence-electron chi connectivity index (χ4n) is 7.68. The molecule has 0 bridgehead atoms. The maximum absolute atomic E-state index is 12.8. The number of hydrogen-bond acceptors (Lipinski definition) is 7. The molecule has 414 valence electrons. The predicted octanol–water partition coefficient (Wildman–Crippen LogP) is 18.0. The molecule has 1 N–H and O–H groups in total. The van der Waals surface area contributed by atoms with Gasteiger partial charge in [-0.25, -0.2) is 4.57 Å². The molecule has 0 aliphatic rings. The Morgan fingerprint density at radius 1 is 0.444 bits per heavy atom. The van der Waals surface area contributed by atoms with Crippen LogP contribution in [0.2, 0.25) is 0 Å². The Morgan fingerprint density at radius 2 is 0.792 bits per heavy atom. The van der Waals surface area contributed by atoms with Crippen LogP contribution >= 0.6 is 7.82 Å². The quantitative estimate of drug-likeness (QED) is 0.0211. The van der Waals surface area contributed by atoms with E-state index in [2.05, 4.69) is 111 Å². The number of ether oxygens (including phenoxy) is 2. The molecule has 0 rings (SSSR count). The lowest BCUT2D eigenvalue weighted by atomic mass is 10.0. The molecule has 0 aromatic heterocycles. The molecule has 0 aliphatic carbocycles. The summed E-state index contributed by atoms with van der Waals surface area (Å²) in [5.74, 6) is -0.848. The normalized spacial score (nSPS) is 14.0. The van der Waals surface area contributed by atoms with Gasteiger partial charge in [-0.15, -0.1) is 0 Å². The van der Waals surface area contributed by atoms with Crippen LogP contribution in [-0.2, 0) is 32.7 Å². The van der Waals surface area contributed by atoms with Crippen molar-refractivity contribution >= 4 is 19.8 Å². The van der Waals surface area contributed by atoms with Gasteiger partial charge in [0.1, 0.15) is 19.8 Å². The molecule has 0 aliphatic heterocycles. The van der Waals surface area contributed by atoms with Gasteiger partial charge in [-0.2, -0.15) is 0 Å². The van der Waals surface area contributed by atoms with Crippen LogP contribution in [-0.4, -0.2) is 74.9 Å². The van der Waals surface area contributed by atoms with Crippen LogP contribution in [0, 0.1) is 0 Å². The first-order chi connectivity index (χ1) is 35.0. The lowest BCUT2D eigenvalue weighted by molar-refractivity contribution is -0.870. The van der Waals surface area contributed by atoms with Crippen molar-refractivity contribution in [1.82, 2.24) is 0 Å². The Labute approximate surface area is 443 Å². The van der Waals surface area contributed by atoms with Crippen molar-refractivity contribution in [1.29, 1.82) is 0 Å². The van der Waals surface area contributed by atoms with Gasteiger partial charge in [0.25, 0.3) is 0 Å². The molecule has 0 saturated heterocycles. The highest BCUT2D eigenvalue weighted by Gasteiger charge is 2.27. The van der Waals surface area contributed by atoms with Gasteiger partial charge in [-0.05, 0) is 77.0 Å². The van der Waals surface area contributed by atoms with E-state index in [9.17, 15) is 19.0 Å². The molecular formula is C62H109NO8P+. The Kier molecular flexibility index (Phi) is 50.5. The van der Waals surface area contributed by atoms with Crippen molar-refractivity contribution in [2.75, 3.05) is 47.5 Å². The number of unbranched alkanes of at least 4 members (excludes halogenated alkanes) is 22. The van der Waals surface area contributed by atoms with Crippen molar-refractivity contribution in [2.24, 2.45) is 0 Å². The smallest absolute Gasteiger partial charge is 0.462 e. The van der Waals surface area contributed by atoms with Crippen molar-refractivity contribution in [3.63, 3.8) is 0 Å². The van der Waals surface area contributed by atoms with Gasteiger partial charge < -0.3 is 18.9 Å². The van der Waals surface area contributed by atoms with Gasteiger partial charge in [-0.3, -0.25) is 18.6 Å². The zero-order valence-electron chi connectivity index (χ0n) is 46.9. The first-order valence-electron chi connectivity index (χ1n) is 29.0. The minimum Gasteiger partial charge on any atom is -0.462 e. The van der Waals surface area contributed by atoms with Gasteiger partial charge >= 0.3 is 19.8 Å². The number of allylic oxidation sites excluding steroid dienone is 16. The molecule has 0 aromatic carbocycles. The molecule has 0 aromatic rings. The molecular weight excluding hydrogens is 918 g/mol. The monoisotopic (exact) mass is 1030 g/mol.